The van der Waals surface area contributed by atoms with Gasteiger partial charge in [-0.1, -0.05) is 49.4 Å². The highest BCUT2D eigenvalue weighted by molar-refractivity contribution is 5.93. The summed E-state index contributed by atoms with van der Waals surface area (Å²) in [5.41, 5.74) is 1.89. The Bertz CT molecular complexity index is 982. The Balaban J connectivity index is 1.59. The van der Waals surface area contributed by atoms with Crippen LogP contribution in [-0.4, -0.2) is 25.2 Å². The number of benzene rings is 3. The molecule has 3 rings (SSSR count). The van der Waals surface area contributed by atoms with Gasteiger partial charge in [-0.3, -0.25) is 0 Å². The quantitative estimate of drug-likeness (QED) is 0.367. The predicted octanol–water partition coefficient (Wildman–Crippen LogP) is 5.09. The highest BCUT2D eigenvalue weighted by Gasteiger charge is 2.13. The van der Waals surface area contributed by atoms with Crippen LogP contribution >= 0.6 is 0 Å². The first-order valence-electron chi connectivity index (χ1n) is 9.92. The van der Waals surface area contributed by atoms with Crippen LogP contribution in [0.15, 0.2) is 78.9 Å². The first-order valence-corrected chi connectivity index (χ1v) is 9.92. The molecule has 0 N–H and O–H groups in total. The van der Waals surface area contributed by atoms with Crippen LogP contribution in [0.2, 0.25) is 0 Å². The van der Waals surface area contributed by atoms with E-state index in [0.29, 0.717) is 30.1 Å². The Morgan fingerprint density at radius 2 is 1.40 bits per heavy atom. The third-order valence-electron chi connectivity index (χ3n) is 4.29. The van der Waals surface area contributed by atoms with E-state index in [1.807, 2.05) is 37.3 Å². The number of hydrogen-bond acceptors (Lipinski definition) is 5. The molecule has 0 bridgehead atoms. The molecular formula is C25H24O5. The molecule has 154 valence electrons. The zero-order valence-electron chi connectivity index (χ0n) is 16.9. The average Bonchev–Trinajstić information content (AvgIpc) is 2.78. The van der Waals surface area contributed by atoms with Crippen molar-refractivity contribution in [1.29, 1.82) is 0 Å². The second kappa shape index (κ2) is 10.8. The Hall–Kier alpha value is -3.60. The minimum absolute atomic E-state index is 0.279. The predicted molar refractivity (Wildman–Crippen MR) is 114 cm³/mol. The average molecular weight is 404 g/mol. The molecule has 0 amide bonds. The molecule has 0 fully saturated rings. The van der Waals surface area contributed by atoms with Gasteiger partial charge in [-0.05, 0) is 48.4 Å². The van der Waals surface area contributed by atoms with Gasteiger partial charge in [-0.25, -0.2) is 9.59 Å². The Morgan fingerprint density at radius 3 is 2.13 bits per heavy atom. The highest BCUT2D eigenvalue weighted by Crippen LogP contribution is 2.19. The van der Waals surface area contributed by atoms with E-state index >= 15 is 0 Å². The number of hydrogen-bond donors (Lipinski definition) is 0. The van der Waals surface area contributed by atoms with Gasteiger partial charge in [0.1, 0.15) is 11.5 Å². The highest BCUT2D eigenvalue weighted by atomic mass is 16.5. The van der Waals surface area contributed by atoms with Gasteiger partial charge in [0.2, 0.25) is 0 Å². The van der Waals surface area contributed by atoms with E-state index in [-0.39, 0.29) is 5.75 Å². The van der Waals surface area contributed by atoms with Gasteiger partial charge in [-0.2, -0.15) is 0 Å². The van der Waals surface area contributed by atoms with Gasteiger partial charge in [0, 0.05) is 6.42 Å². The van der Waals surface area contributed by atoms with Gasteiger partial charge in [-0.15, -0.1) is 0 Å². The Labute approximate surface area is 176 Å². The Morgan fingerprint density at radius 1 is 0.733 bits per heavy atom. The number of ether oxygens (including phenoxy) is 3. The minimum Gasteiger partial charge on any atom is -0.493 e. The second-order valence-electron chi connectivity index (χ2n) is 6.67. The van der Waals surface area contributed by atoms with Gasteiger partial charge < -0.3 is 14.2 Å². The lowest BCUT2D eigenvalue weighted by Crippen LogP contribution is -2.10. The standard InChI is InChI=1S/C25H24O5/c1-2-15-29-24(26)20-10-7-13-23(18-20)30-25(27)21-11-6-12-22(17-21)28-16-14-19-8-4-3-5-9-19/h3-13,17-18H,2,14-16H2,1H3. The molecule has 0 atom stereocenters. The number of rotatable bonds is 9. The fourth-order valence-electron chi connectivity index (χ4n) is 2.77. The molecular weight excluding hydrogens is 380 g/mol. The maximum atomic E-state index is 12.5. The van der Waals surface area contributed by atoms with Gasteiger partial charge in [0.05, 0.1) is 24.3 Å². The van der Waals surface area contributed by atoms with Crippen molar-refractivity contribution in [2.45, 2.75) is 19.8 Å². The Kier molecular flexibility index (Phi) is 7.61. The van der Waals surface area contributed by atoms with Gasteiger partial charge in [0.25, 0.3) is 0 Å². The van der Waals surface area contributed by atoms with E-state index in [4.69, 9.17) is 14.2 Å². The zero-order chi connectivity index (χ0) is 21.2. The summed E-state index contributed by atoms with van der Waals surface area (Å²) < 4.78 is 16.3. The molecule has 5 heteroatoms. The van der Waals surface area contributed by atoms with Crippen molar-refractivity contribution in [3.8, 4) is 11.5 Å². The number of esters is 2. The molecule has 0 aliphatic heterocycles. The summed E-state index contributed by atoms with van der Waals surface area (Å²) in [6, 6.07) is 23.3. The first-order chi connectivity index (χ1) is 14.7. The summed E-state index contributed by atoms with van der Waals surface area (Å²) in [4.78, 5) is 24.5. The second-order valence-corrected chi connectivity index (χ2v) is 6.67. The van der Waals surface area contributed by atoms with Crippen molar-refractivity contribution in [3.05, 3.63) is 95.6 Å². The van der Waals surface area contributed by atoms with Crippen LogP contribution in [0.1, 0.15) is 39.6 Å². The zero-order valence-corrected chi connectivity index (χ0v) is 16.9. The van der Waals surface area contributed by atoms with Crippen molar-refractivity contribution in [2.24, 2.45) is 0 Å². The third kappa shape index (κ3) is 6.21. The lowest BCUT2D eigenvalue weighted by molar-refractivity contribution is 0.0503. The van der Waals surface area contributed by atoms with Crippen LogP contribution in [-0.2, 0) is 11.2 Å². The molecule has 0 unspecified atom stereocenters. The molecule has 0 saturated carbocycles. The topological polar surface area (TPSA) is 61.8 Å². The van der Waals surface area contributed by atoms with E-state index in [2.05, 4.69) is 0 Å². The molecule has 0 aliphatic rings. The third-order valence-corrected chi connectivity index (χ3v) is 4.29. The first kappa shape index (κ1) is 21.1. The summed E-state index contributed by atoms with van der Waals surface area (Å²) >= 11 is 0. The van der Waals surface area contributed by atoms with Crippen molar-refractivity contribution in [2.75, 3.05) is 13.2 Å². The van der Waals surface area contributed by atoms with Crippen molar-refractivity contribution in [1.82, 2.24) is 0 Å². The van der Waals surface area contributed by atoms with E-state index in [0.717, 1.165) is 12.8 Å². The van der Waals surface area contributed by atoms with Crippen molar-refractivity contribution in [3.63, 3.8) is 0 Å². The monoisotopic (exact) mass is 404 g/mol. The van der Waals surface area contributed by atoms with Crippen molar-refractivity contribution >= 4 is 11.9 Å². The largest absolute Gasteiger partial charge is 0.493 e. The molecule has 3 aromatic rings. The molecule has 3 aromatic carbocycles. The fourth-order valence-corrected chi connectivity index (χ4v) is 2.77. The van der Waals surface area contributed by atoms with Crippen LogP contribution in [0.25, 0.3) is 0 Å². The van der Waals surface area contributed by atoms with Crippen LogP contribution in [0.3, 0.4) is 0 Å². The SMILES string of the molecule is CCCOC(=O)c1cccc(OC(=O)c2cccc(OCCc3ccccc3)c2)c1. The smallest absolute Gasteiger partial charge is 0.343 e. The maximum Gasteiger partial charge on any atom is 0.343 e. The molecule has 0 aromatic heterocycles. The number of carbonyl (C=O) groups is 2. The van der Waals surface area contributed by atoms with Gasteiger partial charge in [0.15, 0.2) is 0 Å². The fraction of sp³-hybridized carbons (Fsp3) is 0.200. The molecule has 0 saturated heterocycles. The summed E-state index contributed by atoms with van der Waals surface area (Å²) in [7, 11) is 0. The maximum absolute atomic E-state index is 12.5. The van der Waals surface area contributed by atoms with Crippen LogP contribution < -0.4 is 9.47 Å². The van der Waals surface area contributed by atoms with Crippen molar-refractivity contribution < 1.29 is 23.8 Å². The normalized spacial score (nSPS) is 10.3. The van der Waals surface area contributed by atoms with Gasteiger partial charge >= 0.3 is 11.9 Å². The van der Waals surface area contributed by atoms with E-state index < -0.39 is 11.9 Å². The summed E-state index contributed by atoms with van der Waals surface area (Å²) in [5, 5.41) is 0. The van der Waals surface area contributed by atoms with Crippen LogP contribution in [0.4, 0.5) is 0 Å². The van der Waals surface area contributed by atoms with E-state index in [9.17, 15) is 9.59 Å². The molecule has 0 radical (unpaired) electrons. The molecule has 0 heterocycles. The van der Waals surface area contributed by atoms with E-state index in [1.165, 1.54) is 11.6 Å². The molecule has 0 spiro atoms. The lowest BCUT2D eigenvalue weighted by Gasteiger charge is -2.09. The molecule has 5 nitrogen and oxygen atoms in total. The summed E-state index contributed by atoms with van der Waals surface area (Å²) in [5.74, 6) is -0.0928. The van der Waals surface area contributed by atoms with E-state index in [1.54, 1.807) is 42.5 Å². The molecule has 30 heavy (non-hydrogen) atoms. The number of carbonyl (C=O) groups excluding carboxylic acids is 2. The summed E-state index contributed by atoms with van der Waals surface area (Å²) in [6.07, 6.45) is 1.51. The van der Waals surface area contributed by atoms with Crippen LogP contribution in [0.5, 0.6) is 11.5 Å². The molecule has 0 aliphatic carbocycles. The van der Waals surface area contributed by atoms with Crippen LogP contribution in [0, 0.1) is 0 Å². The summed E-state index contributed by atoms with van der Waals surface area (Å²) in [6.45, 7) is 2.77. The minimum atomic E-state index is -0.525. The lowest BCUT2D eigenvalue weighted by atomic mass is 10.2.